The molecular formula is C20H24F2N4O4S. The summed E-state index contributed by atoms with van der Waals surface area (Å²) < 4.78 is 55.0. The van der Waals surface area contributed by atoms with Crippen LogP contribution < -0.4 is 15.6 Å². The number of nitrogens with two attached hydrogens (primary N) is 2. The van der Waals surface area contributed by atoms with Crippen molar-refractivity contribution < 1.29 is 26.7 Å². The average molecular weight is 454 g/mol. The third-order valence-corrected chi connectivity index (χ3v) is 6.39. The Labute approximate surface area is 179 Å². The van der Waals surface area contributed by atoms with Crippen LogP contribution in [0.5, 0.6) is 5.88 Å². The number of aromatic nitrogens is 1. The first-order valence-corrected chi connectivity index (χ1v) is 11.0. The number of hydrogen-bond donors (Lipinski definition) is 2. The van der Waals surface area contributed by atoms with Crippen LogP contribution in [0.15, 0.2) is 30.3 Å². The lowest BCUT2D eigenvalue weighted by molar-refractivity contribution is -0.127. The van der Waals surface area contributed by atoms with Gasteiger partial charge in [-0.2, -0.15) is 21.5 Å². The van der Waals surface area contributed by atoms with Crippen LogP contribution in [0.3, 0.4) is 0 Å². The molecule has 0 radical (unpaired) electrons. The van der Waals surface area contributed by atoms with Crippen molar-refractivity contribution in [3.05, 3.63) is 47.2 Å². The molecule has 1 amide bonds. The molecule has 2 heterocycles. The van der Waals surface area contributed by atoms with Gasteiger partial charge in [-0.05, 0) is 41.7 Å². The van der Waals surface area contributed by atoms with Crippen LogP contribution in [0.2, 0.25) is 0 Å². The SMILES string of the molecule is Cc1ccc(-c2cccc(C3(C(N)=O)CN(S(N)(=O)=O)C3)c2C(C)C)c(OC(F)F)n1. The van der Waals surface area contributed by atoms with Gasteiger partial charge < -0.3 is 10.5 Å². The van der Waals surface area contributed by atoms with Gasteiger partial charge in [0.25, 0.3) is 10.2 Å². The molecule has 1 aliphatic rings. The minimum Gasteiger partial charge on any atom is -0.416 e. The van der Waals surface area contributed by atoms with Crippen LogP contribution in [0.25, 0.3) is 11.1 Å². The molecule has 0 bridgehead atoms. The highest BCUT2D eigenvalue weighted by Crippen LogP contribution is 2.44. The molecule has 0 unspecified atom stereocenters. The van der Waals surface area contributed by atoms with Crippen LogP contribution in [0, 0.1) is 6.92 Å². The van der Waals surface area contributed by atoms with E-state index in [0.29, 0.717) is 27.9 Å². The molecule has 0 atom stereocenters. The van der Waals surface area contributed by atoms with E-state index in [0.717, 1.165) is 4.31 Å². The Morgan fingerprint density at radius 2 is 1.84 bits per heavy atom. The second-order valence-electron chi connectivity index (χ2n) is 7.86. The van der Waals surface area contributed by atoms with Gasteiger partial charge in [-0.3, -0.25) is 4.79 Å². The first kappa shape index (κ1) is 23.0. The van der Waals surface area contributed by atoms with E-state index in [1.165, 1.54) is 0 Å². The molecule has 1 aliphatic heterocycles. The van der Waals surface area contributed by atoms with Gasteiger partial charge in [0, 0.05) is 24.3 Å². The molecule has 1 saturated heterocycles. The number of rotatable bonds is 7. The number of amides is 1. The normalized spacial score (nSPS) is 16.4. The Bertz CT molecular complexity index is 1120. The minimum absolute atomic E-state index is 0.160. The van der Waals surface area contributed by atoms with E-state index in [-0.39, 0.29) is 24.9 Å². The van der Waals surface area contributed by atoms with E-state index in [1.54, 1.807) is 37.3 Å². The smallest absolute Gasteiger partial charge is 0.388 e. The molecule has 8 nitrogen and oxygen atoms in total. The summed E-state index contributed by atoms with van der Waals surface area (Å²) in [7, 11) is -3.99. The zero-order valence-electron chi connectivity index (χ0n) is 17.3. The summed E-state index contributed by atoms with van der Waals surface area (Å²) in [4.78, 5) is 16.6. The molecule has 1 aromatic heterocycles. The van der Waals surface area contributed by atoms with Crippen LogP contribution in [-0.2, 0) is 20.4 Å². The third-order valence-electron chi connectivity index (χ3n) is 5.41. The minimum atomic E-state index is -3.99. The number of hydrogen-bond acceptors (Lipinski definition) is 5. The molecular weight excluding hydrogens is 430 g/mol. The predicted octanol–water partition coefficient (Wildman–Crippen LogP) is 2.02. The number of aryl methyl sites for hydroxylation is 1. The Morgan fingerprint density at radius 1 is 1.19 bits per heavy atom. The van der Waals surface area contributed by atoms with E-state index in [4.69, 9.17) is 10.9 Å². The summed E-state index contributed by atoms with van der Waals surface area (Å²) in [6, 6.07) is 8.36. The van der Waals surface area contributed by atoms with Gasteiger partial charge in [0.1, 0.15) is 5.41 Å². The molecule has 0 spiro atoms. The van der Waals surface area contributed by atoms with Crippen molar-refractivity contribution in [1.82, 2.24) is 9.29 Å². The molecule has 3 rings (SSSR count). The quantitative estimate of drug-likeness (QED) is 0.661. The summed E-state index contributed by atoms with van der Waals surface area (Å²) in [6.07, 6.45) is 0. The fraction of sp³-hybridized carbons (Fsp3) is 0.400. The largest absolute Gasteiger partial charge is 0.416 e. The zero-order chi connectivity index (χ0) is 23.1. The highest BCUT2D eigenvalue weighted by molar-refractivity contribution is 7.86. The van der Waals surface area contributed by atoms with Gasteiger partial charge in [0.05, 0.1) is 0 Å². The summed E-state index contributed by atoms with van der Waals surface area (Å²) in [5, 5.41) is 5.19. The zero-order valence-corrected chi connectivity index (χ0v) is 18.1. The fourth-order valence-corrected chi connectivity index (χ4v) is 4.75. The van der Waals surface area contributed by atoms with Crippen molar-refractivity contribution in [2.45, 2.75) is 38.7 Å². The van der Waals surface area contributed by atoms with E-state index in [1.807, 2.05) is 13.8 Å². The standard InChI is InChI=1S/C20H24F2N4O4S/c1-11(2)16-13(14-8-7-12(3)25-17(14)30-19(21)22)5-4-6-15(16)20(18(23)27)9-26(10-20)31(24,28)29/h4-8,11,19H,9-10H2,1-3H3,(H2,23,27)(H2,24,28,29). The number of benzene rings is 1. The van der Waals surface area contributed by atoms with Crippen molar-refractivity contribution in [1.29, 1.82) is 0 Å². The molecule has 1 aromatic carbocycles. The monoisotopic (exact) mass is 454 g/mol. The third kappa shape index (κ3) is 4.25. The van der Waals surface area contributed by atoms with Crippen molar-refractivity contribution in [3.63, 3.8) is 0 Å². The van der Waals surface area contributed by atoms with Crippen molar-refractivity contribution in [2.75, 3.05) is 13.1 Å². The second kappa shape index (κ2) is 8.13. The highest BCUT2D eigenvalue weighted by atomic mass is 32.2. The number of primary amides is 1. The van der Waals surface area contributed by atoms with Crippen molar-refractivity contribution in [2.24, 2.45) is 10.9 Å². The number of halogens is 2. The number of alkyl halides is 2. The van der Waals surface area contributed by atoms with Crippen LogP contribution in [0.4, 0.5) is 8.78 Å². The first-order chi connectivity index (χ1) is 14.4. The topological polar surface area (TPSA) is 129 Å². The van der Waals surface area contributed by atoms with Gasteiger partial charge in [-0.15, -0.1) is 0 Å². The molecule has 168 valence electrons. The van der Waals surface area contributed by atoms with Crippen molar-refractivity contribution >= 4 is 16.1 Å². The number of carbonyl (C=O) groups is 1. The lowest BCUT2D eigenvalue weighted by atomic mass is 9.70. The maximum Gasteiger partial charge on any atom is 0.388 e. The highest BCUT2D eigenvalue weighted by Gasteiger charge is 2.54. The average Bonchev–Trinajstić information content (AvgIpc) is 2.58. The molecule has 2 aromatic rings. The van der Waals surface area contributed by atoms with Gasteiger partial charge >= 0.3 is 6.61 Å². The number of carbonyl (C=O) groups excluding carboxylic acids is 1. The van der Waals surface area contributed by atoms with Gasteiger partial charge in [-0.25, -0.2) is 10.1 Å². The first-order valence-electron chi connectivity index (χ1n) is 9.51. The second-order valence-corrected chi connectivity index (χ2v) is 9.41. The molecule has 31 heavy (non-hydrogen) atoms. The predicted molar refractivity (Wildman–Crippen MR) is 111 cm³/mol. The lowest BCUT2D eigenvalue weighted by Crippen LogP contribution is -2.68. The summed E-state index contributed by atoms with van der Waals surface area (Å²) in [5.74, 6) is -1.09. The van der Waals surface area contributed by atoms with Crippen LogP contribution >= 0.6 is 0 Å². The summed E-state index contributed by atoms with van der Waals surface area (Å²) >= 11 is 0. The number of pyridine rings is 1. The maximum atomic E-state index is 13.0. The molecule has 4 N–H and O–H groups in total. The van der Waals surface area contributed by atoms with E-state index < -0.39 is 28.1 Å². The van der Waals surface area contributed by atoms with Gasteiger partial charge in [-0.1, -0.05) is 32.0 Å². The van der Waals surface area contributed by atoms with Crippen molar-refractivity contribution in [3.8, 4) is 17.0 Å². The van der Waals surface area contributed by atoms with Crippen LogP contribution in [0.1, 0.15) is 36.6 Å². The van der Waals surface area contributed by atoms with Crippen LogP contribution in [-0.4, -0.2) is 43.3 Å². The Balaban J connectivity index is 2.22. The maximum absolute atomic E-state index is 13.0. The number of ether oxygens (including phenoxy) is 1. The van der Waals surface area contributed by atoms with Gasteiger partial charge in [0.2, 0.25) is 11.8 Å². The Hall–Kier alpha value is -2.63. The molecule has 0 saturated carbocycles. The van der Waals surface area contributed by atoms with E-state index in [9.17, 15) is 22.0 Å². The molecule has 1 fully saturated rings. The van der Waals surface area contributed by atoms with E-state index in [2.05, 4.69) is 9.72 Å². The Kier molecular flexibility index (Phi) is 6.05. The summed E-state index contributed by atoms with van der Waals surface area (Å²) in [5.41, 5.74) is 6.99. The molecule has 0 aliphatic carbocycles. The number of nitrogens with zero attached hydrogens (tertiary/aromatic N) is 2. The Morgan fingerprint density at radius 3 is 2.35 bits per heavy atom. The fourth-order valence-electron chi connectivity index (χ4n) is 3.95. The lowest BCUT2D eigenvalue weighted by Gasteiger charge is -2.47. The molecule has 11 heteroatoms. The van der Waals surface area contributed by atoms with Gasteiger partial charge in [0.15, 0.2) is 0 Å². The van der Waals surface area contributed by atoms with E-state index >= 15 is 0 Å². The summed E-state index contributed by atoms with van der Waals surface area (Å²) in [6.45, 7) is 1.95.